The van der Waals surface area contributed by atoms with Crippen molar-refractivity contribution in [1.82, 2.24) is 14.6 Å². The van der Waals surface area contributed by atoms with Gasteiger partial charge in [0, 0.05) is 18.9 Å². The predicted molar refractivity (Wildman–Crippen MR) is 63.5 cm³/mol. The third-order valence-corrected chi connectivity index (χ3v) is 2.92. The number of aryl methyl sites for hydroxylation is 1. The second-order valence-corrected chi connectivity index (χ2v) is 4.56. The Kier molecular flexibility index (Phi) is 3.68. The van der Waals surface area contributed by atoms with E-state index in [1.165, 1.54) is 29.0 Å². The molecule has 0 bridgehead atoms. The highest BCUT2D eigenvalue weighted by Gasteiger charge is 2.09. The Morgan fingerprint density at radius 2 is 2.33 bits per heavy atom. The molecular formula is C10H11N3O4S. The number of aromatic nitrogens is 3. The van der Waals surface area contributed by atoms with Gasteiger partial charge in [-0.1, -0.05) is 11.3 Å². The maximum atomic E-state index is 11.6. The minimum absolute atomic E-state index is 0.00864. The maximum absolute atomic E-state index is 11.6. The van der Waals surface area contributed by atoms with Gasteiger partial charge in [-0.25, -0.2) is 9.78 Å². The molecule has 8 heteroatoms. The molecule has 0 aliphatic rings. The lowest BCUT2D eigenvalue weighted by Gasteiger charge is -1.99. The molecule has 0 atom stereocenters. The molecule has 2 rings (SSSR count). The number of esters is 1. The van der Waals surface area contributed by atoms with Gasteiger partial charge in [0.15, 0.2) is 5.01 Å². The van der Waals surface area contributed by atoms with Crippen LogP contribution < -0.4 is 5.56 Å². The van der Waals surface area contributed by atoms with E-state index in [1.807, 2.05) is 0 Å². The van der Waals surface area contributed by atoms with E-state index in [4.69, 9.17) is 4.74 Å². The fraction of sp³-hybridized carbons (Fsp3) is 0.400. The van der Waals surface area contributed by atoms with Crippen LogP contribution in [0.15, 0.2) is 10.9 Å². The monoisotopic (exact) mass is 269 g/mol. The first kappa shape index (κ1) is 12.7. The molecule has 2 aromatic heterocycles. The van der Waals surface area contributed by atoms with Crippen LogP contribution in [0.5, 0.6) is 0 Å². The topological polar surface area (TPSA) is 82.8 Å². The van der Waals surface area contributed by atoms with Crippen molar-refractivity contribution in [3.8, 4) is 0 Å². The number of ether oxygens (including phenoxy) is 2. The Labute approximate surface area is 106 Å². The molecule has 2 aromatic rings. The molecule has 7 nitrogen and oxygen atoms in total. The summed E-state index contributed by atoms with van der Waals surface area (Å²) < 4.78 is 10.7. The largest absolute Gasteiger partial charge is 0.456 e. The third kappa shape index (κ3) is 2.71. The molecule has 0 saturated heterocycles. The third-order valence-electron chi connectivity index (χ3n) is 2.03. The zero-order chi connectivity index (χ0) is 13.1. The molecule has 0 aliphatic heterocycles. The first-order valence-electron chi connectivity index (χ1n) is 5.11. The SMILES string of the molecule is COCC(=O)OCc1nn2c(=O)cc(C)nc2s1. The molecule has 0 radical (unpaired) electrons. The van der Waals surface area contributed by atoms with Crippen molar-refractivity contribution in [2.75, 3.05) is 13.7 Å². The van der Waals surface area contributed by atoms with E-state index >= 15 is 0 Å². The Balaban J connectivity index is 2.18. The van der Waals surface area contributed by atoms with Crippen molar-refractivity contribution >= 4 is 22.3 Å². The number of hydrogen-bond donors (Lipinski definition) is 0. The molecule has 0 aromatic carbocycles. The highest BCUT2D eigenvalue weighted by atomic mass is 32.1. The number of methoxy groups -OCH3 is 1. The van der Waals surface area contributed by atoms with Crippen LogP contribution >= 0.6 is 11.3 Å². The Morgan fingerprint density at radius 1 is 1.56 bits per heavy atom. The average molecular weight is 269 g/mol. The van der Waals surface area contributed by atoms with Crippen LogP contribution in [0.3, 0.4) is 0 Å². The average Bonchev–Trinajstić information content (AvgIpc) is 2.70. The predicted octanol–water partition coefficient (Wildman–Crippen LogP) is 0.149. The summed E-state index contributed by atoms with van der Waals surface area (Å²) >= 11 is 1.21. The summed E-state index contributed by atoms with van der Waals surface area (Å²) in [6.07, 6.45) is 0. The summed E-state index contributed by atoms with van der Waals surface area (Å²) in [4.78, 5) is 27.3. The molecule has 0 spiro atoms. The minimum Gasteiger partial charge on any atom is -0.456 e. The summed E-state index contributed by atoms with van der Waals surface area (Å²) in [5, 5.41) is 4.54. The molecule has 2 heterocycles. The first-order valence-corrected chi connectivity index (χ1v) is 5.93. The van der Waals surface area contributed by atoms with Crippen LogP contribution in [-0.4, -0.2) is 34.3 Å². The van der Waals surface area contributed by atoms with Crippen molar-refractivity contribution in [1.29, 1.82) is 0 Å². The number of fused-ring (bicyclic) bond motifs is 1. The van der Waals surface area contributed by atoms with Gasteiger partial charge in [0.1, 0.15) is 13.2 Å². The Morgan fingerprint density at radius 3 is 3.06 bits per heavy atom. The fourth-order valence-electron chi connectivity index (χ4n) is 1.32. The van der Waals surface area contributed by atoms with Crippen LogP contribution in [0.2, 0.25) is 0 Å². The van der Waals surface area contributed by atoms with Gasteiger partial charge in [0.2, 0.25) is 4.96 Å². The summed E-state index contributed by atoms with van der Waals surface area (Å²) in [6, 6.07) is 1.40. The smallest absolute Gasteiger partial charge is 0.332 e. The molecule has 0 fully saturated rings. The van der Waals surface area contributed by atoms with Gasteiger partial charge in [-0.2, -0.15) is 9.61 Å². The van der Waals surface area contributed by atoms with E-state index in [9.17, 15) is 9.59 Å². The second-order valence-electron chi connectivity index (χ2n) is 3.52. The summed E-state index contributed by atoms with van der Waals surface area (Å²) in [5.74, 6) is -0.478. The molecule has 0 saturated carbocycles. The van der Waals surface area contributed by atoms with Crippen molar-refractivity contribution < 1.29 is 14.3 Å². The van der Waals surface area contributed by atoms with E-state index in [-0.39, 0.29) is 18.8 Å². The van der Waals surface area contributed by atoms with Crippen molar-refractivity contribution in [2.24, 2.45) is 0 Å². The Hall–Kier alpha value is -1.80. The van der Waals surface area contributed by atoms with E-state index in [2.05, 4.69) is 14.8 Å². The minimum atomic E-state index is -0.478. The van der Waals surface area contributed by atoms with E-state index < -0.39 is 5.97 Å². The Bertz CT molecular complexity index is 634. The van der Waals surface area contributed by atoms with Crippen LogP contribution in [0, 0.1) is 6.92 Å². The fourth-order valence-corrected chi connectivity index (χ4v) is 2.18. The number of carbonyl (C=O) groups is 1. The van der Waals surface area contributed by atoms with Crippen LogP contribution in [0.4, 0.5) is 0 Å². The van der Waals surface area contributed by atoms with Crippen LogP contribution in [0.25, 0.3) is 4.96 Å². The number of nitrogens with zero attached hydrogens (tertiary/aromatic N) is 3. The lowest BCUT2D eigenvalue weighted by molar-refractivity contribution is -0.149. The highest BCUT2D eigenvalue weighted by molar-refractivity contribution is 7.16. The van der Waals surface area contributed by atoms with Gasteiger partial charge in [-0.05, 0) is 6.92 Å². The van der Waals surface area contributed by atoms with E-state index in [1.54, 1.807) is 6.92 Å². The van der Waals surface area contributed by atoms with Gasteiger partial charge < -0.3 is 9.47 Å². The molecule has 0 unspecified atom stereocenters. The van der Waals surface area contributed by atoms with Gasteiger partial charge in [-0.3, -0.25) is 4.79 Å². The van der Waals surface area contributed by atoms with E-state index in [0.717, 1.165) is 0 Å². The maximum Gasteiger partial charge on any atom is 0.332 e. The lowest BCUT2D eigenvalue weighted by atomic mass is 10.5. The van der Waals surface area contributed by atoms with Crippen LogP contribution in [-0.2, 0) is 20.9 Å². The molecule has 96 valence electrons. The standard InChI is InChI=1S/C10H11N3O4S/c1-6-3-8(14)13-10(11-6)18-7(12-13)4-17-9(15)5-16-2/h3H,4-5H2,1-2H3. The highest BCUT2D eigenvalue weighted by Crippen LogP contribution is 2.12. The number of carbonyl (C=O) groups excluding carboxylic acids is 1. The molecular weight excluding hydrogens is 258 g/mol. The lowest BCUT2D eigenvalue weighted by Crippen LogP contribution is -2.15. The van der Waals surface area contributed by atoms with Gasteiger partial charge in [0.25, 0.3) is 5.56 Å². The molecule has 0 amide bonds. The molecule has 0 N–H and O–H groups in total. The molecule has 18 heavy (non-hydrogen) atoms. The van der Waals surface area contributed by atoms with Gasteiger partial charge >= 0.3 is 5.97 Å². The van der Waals surface area contributed by atoms with Gasteiger partial charge in [0.05, 0.1) is 0 Å². The van der Waals surface area contributed by atoms with Crippen LogP contribution in [0.1, 0.15) is 10.7 Å². The number of rotatable bonds is 4. The van der Waals surface area contributed by atoms with Crippen molar-refractivity contribution in [2.45, 2.75) is 13.5 Å². The first-order chi connectivity index (χ1) is 8.60. The quantitative estimate of drug-likeness (QED) is 0.735. The zero-order valence-corrected chi connectivity index (χ0v) is 10.7. The van der Waals surface area contributed by atoms with Crippen molar-refractivity contribution in [3.05, 3.63) is 27.1 Å². The number of hydrogen-bond acceptors (Lipinski definition) is 7. The normalized spacial score (nSPS) is 10.8. The summed E-state index contributed by atoms with van der Waals surface area (Å²) in [6.45, 7) is 1.64. The second kappa shape index (κ2) is 5.23. The van der Waals surface area contributed by atoms with E-state index in [0.29, 0.717) is 15.7 Å². The molecule has 0 aliphatic carbocycles. The van der Waals surface area contributed by atoms with Crippen molar-refractivity contribution in [3.63, 3.8) is 0 Å². The zero-order valence-electron chi connectivity index (χ0n) is 9.87. The summed E-state index contributed by atoms with van der Waals surface area (Å²) in [7, 11) is 1.41. The summed E-state index contributed by atoms with van der Waals surface area (Å²) in [5.41, 5.74) is 0.384. The van der Waals surface area contributed by atoms with Gasteiger partial charge in [-0.15, -0.1) is 0 Å².